The van der Waals surface area contributed by atoms with E-state index in [1.165, 1.54) is 23.3 Å². The molecule has 0 aliphatic rings. The second-order valence-electron chi connectivity index (χ2n) is 4.40. The van der Waals surface area contributed by atoms with Crippen molar-refractivity contribution in [3.05, 3.63) is 21.9 Å². The van der Waals surface area contributed by atoms with Gasteiger partial charge in [-0.1, -0.05) is 0 Å². The van der Waals surface area contributed by atoms with Crippen LogP contribution in [0.25, 0.3) is 0 Å². The largest absolute Gasteiger partial charge is 0.401 e. The molecular formula is C12H17F3N2OS. The maximum absolute atomic E-state index is 12.1. The zero-order valence-corrected chi connectivity index (χ0v) is 11.7. The van der Waals surface area contributed by atoms with Crippen molar-refractivity contribution in [1.29, 1.82) is 0 Å². The van der Waals surface area contributed by atoms with Crippen molar-refractivity contribution in [3.8, 4) is 0 Å². The van der Waals surface area contributed by atoms with E-state index in [1.807, 2.05) is 18.4 Å². The summed E-state index contributed by atoms with van der Waals surface area (Å²) in [6, 6.07) is 1.86. The van der Waals surface area contributed by atoms with Gasteiger partial charge in [0.05, 0.1) is 11.4 Å². The summed E-state index contributed by atoms with van der Waals surface area (Å²) in [6.07, 6.45) is -3.69. The van der Waals surface area contributed by atoms with Crippen LogP contribution < -0.4 is 5.32 Å². The minimum atomic E-state index is -4.17. The van der Waals surface area contributed by atoms with Crippen molar-refractivity contribution in [2.45, 2.75) is 19.5 Å². The zero-order valence-electron chi connectivity index (χ0n) is 10.9. The van der Waals surface area contributed by atoms with Crippen LogP contribution in [0.1, 0.15) is 21.7 Å². The number of aryl methyl sites for hydroxylation is 1. The van der Waals surface area contributed by atoms with E-state index >= 15 is 0 Å². The molecule has 1 N–H and O–H groups in total. The van der Waals surface area contributed by atoms with Gasteiger partial charge in [0, 0.05) is 6.54 Å². The van der Waals surface area contributed by atoms with Crippen LogP contribution in [0, 0.1) is 6.92 Å². The van der Waals surface area contributed by atoms with E-state index in [2.05, 4.69) is 5.32 Å². The van der Waals surface area contributed by atoms with Gasteiger partial charge in [-0.25, -0.2) is 0 Å². The average Bonchev–Trinajstić information content (AvgIpc) is 2.68. The van der Waals surface area contributed by atoms with Gasteiger partial charge in [0.15, 0.2) is 0 Å². The Labute approximate surface area is 114 Å². The highest BCUT2D eigenvalue weighted by Gasteiger charge is 2.28. The molecule has 1 aromatic rings. The van der Waals surface area contributed by atoms with Gasteiger partial charge < -0.3 is 5.32 Å². The van der Waals surface area contributed by atoms with Gasteiger partial charge in [-0.05, 0) is 43.9 Å². The lowest BCUT2D eigenvalue weighted by atomic mass is 10.3. The predicted molar refractivity (Wildman–Crippen MR) is 69.6 cm³/mol. The van der Waals surface area contributed by atoms with Crippen LogP contribution in [0.2, 0.25) is 0 Å². The average molecular weight is 294 g/mol. The maximum atomic E-state index is 12.1. The summed E-state index contributed by atoms with van der Waals surface area (Å²) >= 11 is 1.36. The minimum Gasteiger partial charge on any atom is -0.351 e. The summed E-state index contributed by atoms with van der Waals surface area (Å²) in [7, 11) is 1.42. The second kappa shape index (κ2) is 6.91. The van der Waals surface area contributed by atoms with Crippen LogP contribution in [0.3, 0.4) is 0 Å². The van der Waals surface area contributed by atoms with E-state index in [-0.39, 0.29) is 5.91 Å². The molecule has 0 aliphatic heterocycles. The first-order valence-electron chi connectivity index (χ1n) is 5.87. The van der Waals surface area contributed by atoms with Crippen LogP contribution in [-0.4, -0.2) is 43.7 Å². The number of nitrogens with one attached hydrogen (secondary N) is 1. The molecule has 0 bridgehead atoms. The number of alkyl halides is 3. The summed E-state index contributed by atoms with van der Waals surface area (Å²) in [6.45, 7) is 1.59. The monoisotopic (exact) mass is 294 g/mol. The van der Waals surface area contributed by atoms with Gasteiger partial charge in [0.2, 0.25) is 0 Å². The summed E-state index contributed by atoms with van der Waals surface area (Å²) in [4.78, 5) is 13.6. The Bertz CT molecular complexity index is 417. The molecule has 0 unspecified atom stereocenters. The summed E-state index contributed by atoms with van der Waals surface area (Å²) < 4.78 is 36.2. The van der Waals surface area contributed by atoms with Crippen LogP contribution in [-0.2, 0) is 0 Å². The van der Waals surface area contributed by atoms with Crippen LogP contribution in [0.5, 0.6) is 0 Å². The molecule has 0 aromatic carbocycles. The molecule has 0 aliphatic carbocycles. The number of carbonyl (C=O) groups is 1. The number of hydrogen-bond donors (Lipinski definition) is 1. The van der Waals surface area contributed by atoms with Gasteiger partial charge in [-0.3, -0.25) is 9.69 Å². The number of amides is 1. The molecule has 1 aromatic heterocycles. The van der Waals surface area contributed by atoms with Crippen molar-refractivity contribution in [1.82, 2.24) is 10.2 Å². The highest BCUT2D eigenvalue weighted by molar-refractivity contribution is 7.12. The maximum Gasteiger partial charge on any atom is 0.401 e. The molecule has 0 radical (unpaired) electrons. The van der Waals surface area contributed by atoms with Crippen molar-refractivity contribution in [2.24, 2.45) is 0 Å². The fourth-order valence-corrected chi connectivity index (χ4v) is 2.46. The smallest absolute Gasteiger partial charge is 0.351 e. The van der Waals surface area contributed by atoms with E-state index in [1.54, 1.807) is 0 Å². The standard InChI is InChI=1S/C12H17F3N2OS/c1-9-4-7-19-10(9)11(18)16-5-3-6-17(2)8-12(13,14)15/h4,7H,3,5-6,8H2,1-2H3,(H,16,18). The molecule has 1 rings (SSSR count). The number of nitrogens with zero attached hydrogens (tertiary/aromatic N) is 1. The SMILES string of the molecule is Cc1ccsc1C(=O)NCCCN(C)CC(F)(F)F. The number of carbonyl (C=O) groups excluding carboxylic acids is 1. The summed E-state index contributed by atoms with van der Waals surface area (Å²) in [5.74, 6) is -0.161. The van der Waals surface area contributed by atoms with Crippen LogP contribution in [0.4, 0.5) is 13.2 Å². The molecule has 1 heterocycles. The van der Waals surface area contributed by atoms with E-state index in [9.17, 15) is 18.0 Å². The summed E-state index contributed by atoms with van der Waals surface area (Å²) in [5, 5.41) is 4.54. The van der Waals surface area contributed by atoms with Gasteiger partial charge in [-0.15, -0.1) is 11.3 Å². The fraction of sp³-hybridized carbons (Fsp3) is 0.583. The third kappa shape index (κ3) is 6.07. The fourth-order valence-electron chi connectivity index (χ4n) is 1.62. The molecular weight excluding hydrogens is 277 g/mol. The van der Waals surface area contributed by atoms with Crippen molar-refractivity contribution >= 4 is 17.2 Å². The van der Waals surface area contributed by atoms with E-state index in [4.69, 9.17) is 0 Å². The minimum absolute atomic E-state index is 0.161. The van der Waals surface area contributed by atoms with Gasteiger partial charge in [0.1, 0.15) is 0 Å². The molecule has 0 saturated heterocycles. The van der Waals surface area contributed by atoms with Crippen molar-refractivity contribution in [3.63, 3.8) is 0 Å². The van der Waals surface area contributed by atoms with E-state index < -0.39 is 12.7 Å². The third-order valence-electron chi connectivity index (χ3n) is 2.52. The Balaban J connectivity index is 2.21. The lowest BCUT2D eigenvalue weighted by Crippen LogP contribution is -2.33. The first kappa shape index (κ1) is 16.0. The number of halogens is 3. The zero-order chi connectivity index (χ0) is 14.5. The van der Waals surface area contributed by atoms with Crippen LogP contribution >= 0.6 is 11.3 Å². The Kier molecular flexibility index (Phi) is 5.81. The second-order valence-corrected chi connectivity index (χ2v) is 5.31. The van der Waals surface area contributed by atoms with Crippen molar-refractivity contribution in [2.75, 3.05) is 26.7 Å². The molecule has 108 valence electrons. The first-order valence-corrected chi connectivity index (χ1v) is 6.75. The molecule has 0 saturated carbocycles. The Morgan fingerprint density at radius 3 is 2.68 bits per heavy atom. The first-order chi connectivity index (χ1) is 8.79. The highest BCUT2D eigenvalue weighted by Crippen LogP contribution is 2.16. The molecule has 19 heavy (non-hydrogen) atoms. The van der Waals surface area contributed by atoms with Gasteiger partial charge in [0.25, 0.3) is 5.91 Å². The molecule has 0 fully saturated rings. The van der Waals surface area contributed by atoms with Gasteiger partial charge in [-0.2, -0.15) is 13.2 Å². The normalized spacial score (nSPS) is 11.9. The predicted octanol–water partition coefficient (Wildman–Crippen LogP) is 2.67. The van der Waals surface area contributed by atoms with E-state index in [0.29, 0.717) is 24.4 Å². The molecule has 0 atom stereocenters. The van der Waals surface area contributed by atoms with E-state index in [0.717, 1.165) is 5.56 Å². The Hall–Kier alpha value is -1.08. The highest BCUT2D eigenvalue weighted by atomic mass is 32.1. The van der Waals surface area contributed by atoms with Gasteiger partial charge >= 0.3 is 6.18 Å². The number of rotatable bonds is 6. The Morgan fingerprint density at radius 1 is 1.47 bits per heavy atom. The lowest BCUT2D eigenvalue weighted by molar-refractivity contribution is -0.143. The quantitative estimate of drug-likeness (QED) is 0.818. The lowest BCUT2D eigenvalue weighted by Gasteiger charge is -2.18. The summed E-state index contributed by atoms with van der Waals surface area (Å²) in [5.41, 5.74) is 0.914. The molecule has 1 amide bonds. The molecule has 7 heteroatoms. The molecule has 0 spiro atoms. The number of hydrogen-bond acceptors (Lipinski definition) is 3. The van der Waals surface area contributed by atoms with Crippen LogP contribution in [0.15, 0.2) is 11.4 Å². The van der Waals surface area contributed by atoms with Crippen molar-refractivity contribution < 1.29 is 18.0 Å². The number of thiophene rings is 1. The molecule has 3 nitrogen and oxygen atoms in total. The third-order valence-corrected chi connectivity index (χ3v) is 3.53. The Morgan fingerprint density at radius 2 is 2.16 bits per heavy atom. The topological polar surface area (TPSA) is 32.3 Å².